The Morgan fingerprint density at radius 2 is 1.93 bits per heavy atom. The van der Waals surface area contributed by atoms with Crippen LogP contribution in [0.4, 0.5) is 9.18 Å². The normalized spacial score (nSPS) is 14.5. The van der Waals surface area contributed by atoms with E-state index in [-0.39, 0.29) is 30.4 Å². The molecule has 0 aliphatic carbocycles. The summed E-state index contributed by atoms with van der Waals surface area (Å²) in [7, 11) is 0. The molecule has 0 unspecified atom stereocenters. The maximum absolute atomic E-state index is 13.6. The Kier molecular flexibility index (Phi) is 8.22. The Bertz CT molecular complexity index is 690. The van der Waals surface area contributed by atoms with Crippen LogP contribution in [0.25, 0.3) is 0 Å². The first-order valence-corrected chi connectivity index (χ1v) is 9.61. The third kappa shape index (κ3) is 6.21. The molecule has 1 aromatic carbocycles. The lowest BCUT2D eigenvalue weighted by atomic mass is 10.0. The lowest BCUT2D eigenvalue weighted by molar-refractivity contribution is -0.132. The minimum absolute atomic E-state index is 0.0200. The lowest BCUT2D eigenvalue weighted by Gasteiger charge is -2.37. The maximum Gasteiger partial charge on any atom is 0.409 e. The van der Waals surface area contributed by atoms with Crippen LogP contribution >= 0.6 is 0 Å². The molecule has 7 nitrogen and oxygen atoms in total. The van der Waals surface area contributed by atoms with E-state index in [0.717, 1.165) is 0 Å². The van der Waals surface area contributed by atoms with Gasteiger partial charge in [0.1, 0.15) is 5.82 Å². The zero-order valence-corrected chi connectivity index (χ0v) is 16.4. The molecule has 1 aliphatic heterocycles. The van der Waals surface area contributed by atoms with E-state index >= 15 is 0 Å². The molecule has 1 heterocycles. The molecular formula is C20H28FN3O4. The summed E-state index contributed by atoms with van der Waals surface area (Å²) in [4.78, 5) is 39.2. The molecule has 0 atom stereocenters. The number of hydrogen-bond donors (Lipinski definition) is 1. The van der Waals surface area contributed by atoms with E-state index in [1.807, 2.05) is 0 Å². The summed E-state index contributed by atoms with van der Waals surface area (Å²) in [6, 6.07) is 6.18. The van der Waals surface area contributed by atoms with E-state index in [0.29, 0.717) is 51.2 Å². The van der Waals surface area contributed by atoms with Crippen LogP contribution in [0.15, 0.2) is 24.3 Å². The van der Waals surface area contributed by atoms with E-state index in [9.17, 15) is 18.8 Å². The van der Waals surface area contributed by atoms with Crippen LogP contribution in [0.3, 0.4) is 0 Å². The quantitative estimate of drug-likeness (QED) is 0.768. The summed E-state index contributed by atoms with van der Waals surface area (Å²) in [5.41, 5.74) is 0.342. The van der Waals surface area contributed by atoms with Crippen LogP contribution in [0.1, 0.15) is 32.3 Å². The number of ether oxygens (including phenoxy) is 1. The average Bonchev–Trinajstić information content (AvgIpc) is 2.67. The molecule has 28 heavy (non-hydrogen) atoms. The van der Waals surface area contributed by atoms with E-state index in [4.69, 9.17) is 4.74 Å². The first-order valence-electron chi connectivity index (χ1n) is 9.61. The van der Waals surface area contributed by atoms with Crippen molar-refractivity contribution in [3.63, 3.8) is 0 Å². The minimum atomic E-state index is -0.406. The van der Waals surface area contributed by atoms with Crippen LogP contribution in [0.2, 0.25) is 0 Å². The van der Waals surface area contributed by atoms with Gasteiger partial charge in [0.15, 0.2) is 0 Å². The van der Waals surface area contributed by atoms with Crippen LogP contribution in [-0.2, 0) is 20.7 Å². The molecule has 0 spiro atoms. The van der Waals surface area contributed by atoms with Gasteiger partial charge in [-0.25, -0.2) is 9.18 Å². The number of rotatable bonds is 7. The van der Waals surface area contributed by atoms with Crippen LogP contribution in [-0.4, -0.2) is 66.5 Å². The molecule has 0 saturated carbocycles. The average molecular weight is 393 g/mol. The van der Waals surface area contributed by atoms with E-state index < -0.39 is 5.82 Å². The Morgan fingerprint density at radius 3 is 2.54 bits per heavy atom. The molecule has 0 aromatic heterocycles. The van der Waals surface area contributed by atoms with Crippen molar-refractivity contribution in [3.8, 4) is 0 Å². The Hall–Kier alpha value is -2.64. The molecule has 1 aliphatic rings. The highest BCUT2D eigenvalue weighted by molar-refractivity contribution is 5.78. The standard InChI is InChI=1S/C20H28FN3O4/c1-3-28-20(27)23-11-8-17(9-12-23)24(15(2)25)13-10-22-19(26)14-16-6-4-5-7-18(16)21/h4-7,17H,3,8-14H2,1-2H3,(H,22,26). The molecule has 3 amide bonds. The number of likely N-dealkylation sites (tertiary alicyclic amines) is 1. The fraction of sp³-hybridized carbons (Fsp3) is 0.550. The van der Waals surface area contributed by atoms with Crippen molar-refractivity contribution >= 4 is 17.9 Å². The number of carbonyl (C=O) groups excluding carboxylic acids is 3. The second-order valence-corrected chi connectivity index (χ2v) is 6.75. The van der Waals surface area contributed by atoms with Crippen LogP contribution < -0.4 is 5.32 Å². The summed E-state index contributed by atoms with van der Waals surface area (Å²) in [5, 5.41) is 2.74. The summed E-state index contributed by atoms with van der Waals surface area (Å²) in [6.45, 7) is 5.35. The van der Waals surface area contributed by atoms with Gasteiger partial charge in [-0.05, 0) is 31.4 Å². The van der Waals surface area contributed by atoms with Gasteiger partial charge in [0.2, 0.25) is 11.8 Å². The molecule has 1 saturated heterocycles. The zero-order chi connectivity index (χ0) is 20.5. The number of hydrogen-bond acceptors (Lipinski definition) is 4. The highest BCUT2D eigenvalue weighted by Crippen LogP contribution is 2.17. The van der Waals surface area contributed by atoms with E-state index in [1.54, 1.807) is 34.9 Å². The molecule has 1 N–H and O–H groups in total. The van der Waals surface area contributed by atoms with Gasteiger partial charge in [0.25, 0.3) is 0 Å². The molecule has 8 heteroatoms. The monoisotopic (exact) mass is 393 g/mol. The maximum atomic E-state index is 13.6. The smallest absolute Gasteiger partial charge is 0.409 e. The molecule has 2 rings (SSSR count). The predicted molar refractivity (Wildman–Crippen MR) is 102 cm³/mol. The van der Waals surface area contributed by atoms with Gasteiger partial charge in [-0.2, -0.15) is 0 Å². The first-order chi connectivity index (χ1) is 13.4. The van der Waals surface area contributed by atoms with Gasteiger partial charge < -0.3 is 19.9 Å². The van der Waals surface area contributed by atoms with Gasteiger partial charge >= 0.3 is 6.09 Å². The van der Waals surface area contributed by atoms with Gasteiger partial charge in [-0.1, -0.05) is 18.2 Å². The second kappa shape index (κ2) is 10.6. The largest absolute Gasteiger partial charge is 0.450 e. The second-order valence-electron chi connectivity index (χ2n) is 6.75. The molecular weight excluding hydrogens is 365 g/mol. The van der Waals surface area contributed by atoms with Crippen molar-refractivity contribution in [1.29, 1.82) is 0 Å². The predicted octanol–water partition coefficient (Wildman–Crippen LogP) is 1.95. The Morgan fingerprint density at radius 1 is 1.25 bits per heavy atom. The van der Waals surface area contributed by atoms with Gasteiger partial charge in [0, 0.05) is 39.1 Å². The number of piperidine rings is 1. The SMILES string of the molecule is CCOC(=O)N1CCC(N(CCNC(=O)Cc2ccccc2F)C(C)=O)CC1. The number of carbonyl (C=O) groups is 3. The van der Waals surface area contributed by atoms with E-state index in [2.05, 4.69) is 5.32 Å². The van der Waals surface area contributed by atoms with Crippen molar-refractivity contribution < 1.29 is 23.5 Å². The minimum Gasteiger partial charge on any atom is -0.450 e. The van der Waals surface area contributed by atoms with Gasteiger partial charge in [-0.3, -0.25) is 9.59 Å². The molecule has 1 aromatic rings. The fourth-order valence-electron chi connectivity index (χ4n) is 3.37. The topological polar surface area (TPSA) is 79.0 Å². The molecule has 0 bridgehead atoms. The Labute approximate surface area is 164 Å². The first kappa shape index (κ1) is 21.7. The third-order valence-electron chi connectivity index (χ3n) is 4.82. The third-order valence-corrected chi connectivity index (χ3v) is 4.82. The number of nitrogens with one attached hydrogen (secondary N) is 1. The van der Waals surface area contributed by atoms with Crippen LogP contribution in [0, 0.1) is 5.82 Å². The summed E-state index contributed by atoms with van der Waals surface area (Å²) < 4.78 is 18.6. The zero-order valence-electron chi connectivity index (χ0n) is 16.4. The van der Waals surface area contributed by atoms with Crippen molar-refractivity contribution in [2.75, 3.05) is 32.8 Å². The highest BCUT2D eigenvalue weighted by Gasteiger charge is 2.28. The van der Waals surface area contributed by atoms with Crippen molar-refractivity contribution in [2.24, 2.45) is 0 Å². The number of halogens is 1. The fourth-order valence-corrected chi connectivity index (χ4v) is 3.37. The summed E-state index contributed by atoms with van der Waals surface area (Å²) >= 11 is 0. The van der Waals surface area contributed by atoms with Crippen LogP contribution in [0.5, 0.6) is 0 Å². The molecule has 1 fully saturated rings. The molecule has 154 valence electrons. The van der Waals surface area contributed by atoms with Crippen molar-refractivity contribution in [1.82, 2.24) is 15.1 Å². The van der Waals surface area contributed by atoms with Crippen molar-refractivity contribution in [3.05, 3.63) is 35.6 Å². The summed E-state index contributed by atoms with van der Waals surface area (Å²) in [6.07, 6.45) is 0.976. The van der Waals surface area contributed by atoms with Gasteiger partial charge in [-0.15, -0.1) is 0 Å². The summed E-state index contributed by atoms with van der Waals surface area (Å²) in [5.74, 6) is -0.764. The number of amides is 3. The lowest BCUT2D eigenvalue weighted by Crippen LogP contribution is -2.50. The van der Waals surface area contributed by atoms with E-state index in [1.165, 1.54) is 13.0 Å². The Balaban J connectivity index is 1.79. The van der Waals surface area contributed by atoms with Gasteiger partial charge in [0.05, 0.1) is 13.0 Å². The number of benzene rings is 1. The van der Waals surface area contributed by atoms with Crippen molar-refractivity contribution in [2.45, 2.75) is 39.2 Å². The highest BCUT2D eigenvalue weighted by atomic mass is 19.1. The molecule has 0 radical (unpaired) electrons. The number of nitrogens with zero attached hydrogens (tertiary/aromatic N) is 2.